The molecule has 0 radical (unpaired) electrons. The van der Waals surface area contributed by atoms with E-state index in [2.05, 4.69) is 10.2 Å². The van der Waals surface area contributed by atoms with Crippen LogP contribution in [0.15, 0.2) is 41.2 Å². The second-order valence-corrected chi connectivity index (χ2v) is 4.69. The smallest absolute Gasteiger partial charge is 0.274 e. The van der Waals surface area contributed by atoms with Crippen molar-refractivity contribution < 1.29 is 4.79 Å². The Kier molecular flexibility index (Phi) is 4.53. The van der Waals surface area contributed by atoms with Crippen LogP contribution in [0, 0.1) is 0 Å². The average Bonchev–Trinajstić information content (AvgIpc) is 2.45. The Balaban J connectivity index is 2.17. The van der Waals surface area contributed by atoms with Crippen LogP contribution in [0.2, 0.25) is 5.02 Å². The Bertz CT molecular complexity index is 649. The highest BCUT2D eigenvalue weighted by atomic mass is 35.5. The molecule has 1 amide bonds. The first kappa shape index (κ1) is 14.3. The van der Waals surface area contributed by atoms with Crippen LogP contribution in [-0.2, 0) is 6.54 Å². The van der Waals surface area contributed by atoms with Gasteiger partial charge in [0.25, 0.3) is 11.5 Å². The number of H-pyrrole nitrogens is 1. The molecule has 1 aromatic carbocycles. The number of benzene rings is 1. The van der Waals surface area contributed by atoms with Gasteiger partial charge in [0.15, 0.2) is 0 Å². The molecular weight excluding hydrogens is 278 g/mol. The summed E-state index contributed by atoms with van der Waals surface area (Å²) in [6, 6.07) is 10.1. The first-order valence-corrected chi connectivity index (χ1v) is 6.57. The quantitative estimate of drug-likeness (QED) is 0.938. The van der Waals surface area contributed by atoms with Gasteiger partial charge in [0.2, 0.25) is 0 Å². The molecule has 6 heteroatoms. The molecule has 1 N–H and O–H groups in total. The third kappa shape index (κ3) is 3.45. The first-order valence-electron chi connectivity index (χ1n) is 6.19. The summed E-state index contributed by atoms with van der Waals surface area (Å²) in [4.78, 5) is 24.9. The number of rotatable bonds is 4. The van der Waals surface area contributed by atoms with Crippen LogP contribution in [0.1, 0.15) is 23.0 Å². The fourth-order valence-electron chi connectivity index (χ4n) is 1.81. The summed E-state index contributed by atoms with van der Waals surface area (Å²) in [6.07, 6.45) is 0. The van der Waals surface area contributed by atoms with Gasteiger partial charge in [-0.15, -0.1) is 0 Å². The van der Waals surface area contributed by atoms with E-state index in [1.54, 1.807) is 11.0 Å². The van der Waals surface area contributed by atoms with Gasteiger partial charge in [0, 0.05) is 24.2 Å². The van der Waals surface area contributed by atoms with Gasteiger partial charge in [-0.25, -0.2) is 5.10 Å². The summed E-state index contributed by atoms with van der Waals surface area (Å²) in [6.45, 7) is 2.86. The predicted octanol–water partition coefficient (Wildman–Crippen LogP) is 2.09. The second kappa shape index (κ2) is 6.34. The van der Waals surface area contributed by atoms with Gasteiger partial charge in [-0.1, -0.05) is 23.7 Å². The topological polar surface area (TPSA) is 66.1 Å². The summed E-state index contributed by atoms with van der Waals surface area (Å²) < 4.78 is 0. The van der Waals surface area contributed by atoms with Gasteiger partial charge in [0.05, 0.1) is 0 Å². The largest absolute Gasteiger partial charge is 0.333 e. The molecule has 2 rings (SSSR count). The summed E-state index contributed by atoms with van der Waals surface area (Å²) in [5.74, 6) is -0.233. The molecule has 0 atom stereocenters. The van der Waals surface area contributed by atoms with Crippen molar-refractivity contribution in [3.63, 3.8) is 0 Å². The fraction of sp³-hybridized carbons (Fsp3) is 0.214. The van der Waals surface area contributed by atoms with E-state index in [1.165, 1.54) is 12.1 Å². The van der Waals surface area contributed by atoms with Crippen molar-refractivity contribution in [3.05, 3.63) is 63.0 Å². The van der Waals surface area contributed by atoms with Crippen molar-refractivity contribution >= 4 is 17.5 Å². The molecule has 1 aromatic heterocycles. The fourth-order valence-corrected chi connectivity index (χ4v) is 2.02. The molecule has 0 aliphatic heterocycles. The molecular formula is C14H14ClN3O2. The molecule has 0 saturated heterocycles. The van der Waals surface area contributed by atoms with Crippen molar-refractivity contribution in [1.82, 2.24) is 15.1 Å². The van der Waals surface area contributed by atoms with E-state index in [1.807, 2.05) is 25.1 Å². The molecule has 20 heavy (non-hydrogen) atoms. The lowest BCUT2D eigenvalue weighted by molar-refractivity contribution is 0.0745. The standard InChI is InChI=1S/C14H14ClN3O2/c1-2-18(9-10-4-3-5-11(15)8-10)14(20)12-6-7-13(19)17-16-12/h3-8H,2,9H2,1H3,(H,17,19). The molecule has 1 heterocycles. The number of carbonyl (C=O) groups is 1. The van der Waals surface area contributed by atoms with Crippen LogP contribution in [0.3, 0.4) is 0 Å². The number of hydrogen-bond donors (Lipinski definition) is 1. The van der Waals surface area contributed by atoms with E-state index in [0.717, 1.165) is 5.56 Å². The highest BCUT2D eigenvalue weighted by molar-refractivity contribution is 6.30. The Morgan fingerprint density at radius 1 is 1.35 bits per heavy atom. The molecule has 0 spiro atoms. The second-order valence-electron chi connectivity index (χ2n) is 4.26. The van der Waals surface area contributed by atoms with Crippen LogP contribution in [-0.4, -0.2) is 27.5 Å². The molecule has 0 aliphatic carbocycles. The lowest BCUT2D eigenvalue weighted by Gasteiger charge is -2.20. The van der Waals surface area contributed by atoms with Crippen molar-refractivity contribution in [2.24, 2.45) is 0 Å². The molecule has 0 aliphatic rings. The Hall–Kier alpha value is -2.14. The lowest BCUT2D eigenvalue weighted by Crippen LogP contribution is -2.31. The van der Waals surface area contributed by atoms with E-state index in [-0.39, 0.29) is 17.2 Å². The highest BCUT2D eigenvalue weighted by Crippen LogP contribution is 2.13. The van der Waals surface area contributed by atoms with E-state index in [4.69, 9.17) is 11.6 Å². The maximum absolute atomic E-state index is 12.3. The van der Waals surface area contributed by atoms with E-state index >= 15 is 0 Å². The Morgan fingerprint density at radius 3 is 2.75 bits per heavy atom. The van der Waals surface area contributed by atoms with Crippen molar-refractivity contribution in [3.8, 4) is 0 Å². The minimum atomic E-state index is -0.334. The number of amides is 1. The van der Waals surface area contributed by atoms with Crippen LogP contribution < -0.4 is 5.56 Å². The lowest BCUT2D eigenvalue weighted by atomic mass is 10.2. The SMILES string of the molecule is CCN(Cc1cccc(Cl)c1)C(=O)c1ccc(=O)[nH]n1. The number of nitrogens with zero attached hydrogens (tertiary/aromatic N) is 2. The minimum Gasteiger partial charge on any atom is -0.333 e. The van der Waals surface area contributed by atoms with Crippen molar-refractivity contribution in [2.75, 3.05) is 6.54 Å². The monoisotopic (exact) mass is 291 g/mol. The normalized spacial score (nSPS) is 10.3. The first-order chi connectivity index (χ1) is 9.60. The summed E-state index contributed by atoms with van der Waals surface area (Å²) >= 11 is 5.93. The molecule has 0 fully saturated rings. The maximum Gasteiger partial charge on any atom is 0.274 e. The number of halogens is 1. The van der Waals surface area contributed by atoms with E-state index < -0.39 is 0 Å². The zero-order valence-electron chi connectivity index (χ0n) is 11.0. The van der Waals surface area contributed by atoms with Gasteiger partial charge in [0.1, 0.15) is 5.69 Å². The molecule has 104 valence electrons. The average molecular weight is 292 g/mol. The van der Waals surface area contributed by atoms with E-state index in [9.17, 15) is 9.59 Å². The summed E-state index contributed by atoms with van der Waals surface area (Å²) in [5, 5.41) is 6.64. The maximum atomic E-state index is 12.3. The Morgan fingerprint density at radius 2 is 2.15 bits per heavy atom. The van der Waals surface area contributed by atoms with Crippen molar-refractivity contribution in [2.45, 2.75) is 13.5 Å². The molecule has 2 aromatic rings. The number of carbonyl (C=O) groups excluding carboxylic acids is 1. The van der Waals surface area contributed by atoms with Gasteiger partial charge >= 0.3 is 0 Å². The number of nitrogens with one attached hydrogen (secondary N) is 1. The zero-order valence-corrected chi connectivity index (χ0v) is 11.7. The minimum absolute atomic E-state index is 0.216. The van der Waals surface area contributed by atoms with Gasteiger partial charge < -0.3 is 4.90 Å². The molecule has 0 unspecified atom stereocenters. The number of aromatic amines is 1. The van der Waals surface area contributed by atoms with Crippen molar-refractivity contribution in [1.29, 1.82) is 0 Å². The van der Waals surface area contributed by atoms with Crippen LogP contribution in [0.5, 0.6) is 0 Å². The van der Waals surface area contributed by atoms with Gasteiger partial charge in [-0.3, -0.25) is 9.59 Å². The number of aromatic nitrogens is 2. The third-order valence-electron chi connectivity index (χ3n) is 2.83. The number of hydrogen-bond acceptors (Lipinski definition) is 3. The van der Waals surface area contributed by atoms with Crippen LogP contribution in [0.25, 0.3) is 0 Å². The predicted molar refractivity (Wildman–Crippen MR) is 76.7 cm³/mol. The third-order valence-corrected chi connectivity index (χ3v) is 3.06. The van der Waals surface area contributed by atoms with Gasteiger partial charge in [-0.2, -0.15) is 5.10 Å². The van der Waals surface area contributed by atoms with Crippen LogP contribution >= 0.6 is 11.6 Å². The van der Waals surface area contributed by atoms with Gasteiger partial charge in [-0.05, 0) is 30.7 Å². The zero-order chi connectivity index (χ0) is 14.5. The summed E-state index contributed by atoms with van der Waals surface area (Å²) in [5.41, 5.74) is 0.824. The van der Waals surface area contributed by atoms with E-state index in [0.29, 0.717) is 18.1 Å². The Labute approximate surface area is 121 Å². The van der Waals surface area contributed by atoms with Crippen LogP contribution in [0.4, 0.5) is 0 Å². The highest BCUT2D eigenvalue weighted by Gasteiger charge is 2.16. The molecule has 0 saturated carbocycles. The molecule has 0 bridgehead atoms. The molecule has 5 nitrogen and oxygen atoms in total. The summed E-state index contributed by atoms with van der Waals surface area (Å²) in [7, 11) is 0.